The highest BCUT2D eigenvalue weighted by atomic mass is 16.5. The van der Waals surface area contributed by atoms with Gasteiger partial charge in [-0.25, -0.2) is 0 Å². The van der Waals surface area contributed by atoms with E-state index in [2.05, 4.69) is 10.6 Å². The number of nitrogens with one attached hydrogen (secondary N) is 2. The molecule has 0 heterocycles. The summed E-state index contributed by atoms with van der Waals surface area (Å²) >= 11 is 0. The average Bonchev–Trinajstić information content (AvgIpc) is 2.45. The molecule has 0 unspecified atom stereocenters. The topological polar surface area (TPSA) is 85.9 Å². The second-order valence-corrected chi connectivity index (χ2v) is 4.49. The quantitative estimate of drug-likeness (QED) is 0.368. The van der Waals surface area contributed by atoms with Gasteiger partial charge < -0.3 is 24.8 Å². The minimum atomic E-state index is -0.0250. The standard InChI is InChI=1S/C14H28N2O5/c1-3-15-4-6-19-7-5-16-10-14(18)12-21-9-8-20-11-13(2)17/h15-16H,3-12H2,1-2H3. The summed E-state index contributed by atoms with van der Waals surface area (Å²) < 4.78 is 15.5. The zero-order chi connectivity index (χ0) is 15.8. The summed E-state index contributed by atoms with van der Waals surface area (Å²) in [5.74, 6) is -0.0443. The number of hydrogen-bond donors (Lipinski definition) is 2. The Balaban J connectivity index is 3.18. The summed E-state index contributed by atoms with van der Waals surface area (Å²) in [4.78, 5) is 22.0. The van der Waals surface area contributed by atoms with Crippen LogP contribution < -0.4 is 10.6 Å². The van der Waals surface area contributed by atoms with Crippen molar-refractivity contribution in [3.63, 3.8) is 0 Å². The highest BCUT2D eigenvalue weighted by Crippen LogP contribution is 1.81. The number of carbonyl (C=O) groups excluding carboxylic acids is 2. The Kier molecular flexibility index (Phi) is 14.9. The number of Topliss-reactive ketones (excluding diaryl/α,β-unsaturated/α-hetero) is 2. The van der Waals surface area contributed by atoms with Crippen LogP contribution in [0.5, 0.6) is 0 Å². The molecule has 7 heteroatoms. The summed E-state index contributed by atoms with van der Waals surface area (Å²) in [6.45, 7) is 8.22. The molecule has 0 aliphatic carbocycles. The first-order chi connectivity index (χ1) is 10.2. The zero-order valence-electron chi connectivity index (χ0n) is 13.1. The number of ether oxygens (including phenoxy) is 3. The van der Waals surface area contributed by atoms with Gasteiger partial charge >= 0.3 is 0 Å². The van der Waals surface area contributed by atoms with Gasteiger partial charge in [-0.2, -0.15) is 0 Å². The van der Waals surface area contributed by atoms with Gasteiger partial charge in [-0.15, -0.1) is 0 Å². The third kappa shape index (κ3) is 17.1. The van der Waals surface area contributed by atoms with Gasteiger partial charge in [-0.3, -0.25) is 9.59 Å². The second kappa shape index (κ2) is 15.5. The molecule has 0 saturated heterocycles. The summed E-state index contributed by atoms with van der Waals surface area (Å²) in [6.07, 6.45) is 0. The van der Waals surface area contributed by atoms with Crippen molar-refractivity contribution in [1.82, 2.24) is 10.6 Å². The van der Waals surface area contributed by atoms with Gasteiger partial charge in [0.15, 0.2) is 11.6 Å². The van der Waals surface area contributed by atoms with Crippen LogP contribution in [0.15, 0.2) is 0 Å². The SMILES string of the molecule is CCNCCOCCNCC(=O)COCCOCC(C)=O. The Morgan fingerprint density at radius 2 is 1.48 bits per heavy atom. The average molecular weight is 304 g/mol. The van der Waals surface area contributed by atoms with Crippen molar-refractivity contribution in [3.05, 3.63) is 0 Å². The van der Waals surface area contributed by atoms with Crippen LogP contribution in [-0.2, 0) is 23.8 Å². The summed E-state index contributed by atoms with van der Waals surface area (Å²) in [6, 6.07) is 0. The minimum absolute atomic E-state index is 0.0192. The van der Waals surface area contributed by atoms with Gasteiger partial charge in [0.2, 0.25) is 0 Å². The fourth-order valence-corrected chi connectivity index (χ4v) is 1.37. The first-order valence-electron chi connectivity index (χ1n) is 7.32. The predicted octanol–water partition coefficient (Wildman–Crippen LogP) is -0.607. The van der Waals surface area contributed by atoms with E-state index in [0.29, 0.717) is 33.0 Å². The molecule has 0 fully saturated rings. The Hall–Kier alpha value is -0.860. The molecule has 0 atom stereocenters. The van der Waals surface area contributed by atoms with Gasteiger partial charge in [-0.1, -0.05) is 6.92 Å². The highest BCUT2D eigenvalue weighted by molar-refractivity contribution is 5.81. The van der Waals surface area contributed by atoms with Crippen molar-refractivity contribution in [2.24, 2.45) is 0 Å². The molecule has 0 amide bonds. The molecule has 0 aromatic heterocycles. The van der Waals surface area contributed by atoms with Crippen LogP contribution in [0.3, 0.4) is 0 Å². The fourth-order valence-electron chi connectivity index (χ4n) is 1.37. The minimum Gasteiger partial charge on any atom is -0.379 e. The smallest absolute Gasteiger partial charge is 0.172 e. The van der Waals surface area contributed by atoms with Crippen molar-refractivity contribution < 1.29 is 23.8 Å². The van der Waals surface area contributed by atoms with E-state index in [1.807, 2.05) is 6.92 Å². The highest BCUT2D eigenvalue weighted by Gasteiger charge is 2.01. The molecule has 0 aliphatic rings. The normalized spacial score (nSPS) is 10.8. The maximum atomic E-state index is 11.4. The van der Waals surface area contributed by atoms with E-state index in [9.17, 15) is 9.59 Å². The summed E-state index contributed by atoms with van der Waals surface area (Å²) in [7, 11) is 0. The maximum Gasteiger partial charge on any atom is 0.172 e. The van der Waals surface area contributed by atoms with Crippen molar-refractivity contribution in [2.45, 2.75) is 13.8 Å². The second-order valence-electron chi connectivity index (χ2n) is 4.49. The van der Waals surface area contributed by atoms with Crippen LogP contribution >= 0.6 is 0 Å². The summed E-state index contributed by atoms with van der Waals surface area (Å²) in [5.41, 5.74) is 0. The van der Waals surface area contributed by atoms with E-state index in [4.69, 9.17) is 14.2 Å². The Labute approximate surface area is 126 Å². The molecule has 0 aromatic rings. The van der Waals surface area contributed by atoms with E-state index >= 15 is 0 Å². The lowest BCUT2D eigenvalue weighted by atomic mass is 10.4. The number of hydrogen-bond acceptors (Lipinski definition) is 7. The first kappa shape index (κ1) is 20.1. The molecule has 21 heavy (non-hydrogen) atoms. The summed E-state index contributed by atoms with van der Waals surface area (Å²) in [5, 5.41) is 6.15. The van der Waals surface area contributed by atoms with Gasteiger partial charge in [0.05, 0.1) is 33.0 Å². The number of likely N-dealkylation sites (N-methyl/N-ethyl adjacent to an activating group) is 1. The van der Waals surface area contributed by atoms with Gasteiger partial charge in [0.25, 0.3) is 0 Å². The zero-order valence-corrected chi connectivity index (χ0v) is 13.1. The molecule has 2 N–H and O–H groups in total. The molecule has 0 rings (SSSR count). The lowest BCUT2D eigenvalue weighted by Crippen LogP contribution is -2.30. The first-order valence-corrected chi connectivity index (χ1v) is 7.32. The van der Waals surface area contributed by atoms with E-state index < -0.39 is 0 Å². The van der Waals surface area contributed by atoms with Crippen molar-refractivity contribution in [1.29, 1.82) is 0 Å². The Bertz CT molecular complexity index is 274. The molecule has 0 bridgehead atoms. The van der Waals surface area contributed by atoms with Crippen LogP contribution in [-0.4, -0.2) is 77.4 Å². The Morgan fingerprint density at radius 1 is 0.857 bits per heavy atom. The van der Waals surface area contributed by atoms with E-state index in [-0.39, 0.29) is 31.3 Å². The van der Waals surface area contributed by atoms with Crippen LogP contribution in [0.4, 0.5) is 0 Å². The van der Waals surface area contributed by atoms with Crippen molar-refractivity contribution in [2.75, 3.05) is 65.8 Å². The number of rotatable bonds is 16. The number of ketones is 2. The van der Waals surface area contributed by atoms with Crippen LogP contribution in [0.25, 0.3) is 0 Å². The van der Waals surface area contributed by atoms with Crippen molar-refractivity contribution in [3.8, 4) is 0 Å². The lowest BCUT2D eigenvalue weighted by molar-refractivity contribution is -0.125. The van der Waals surface area contributed by atoms with Crippen LogP contribution in [0.2, 0.25) is 0 Å². The molecule has 0 spiro atoms. The molecule has 7 nitrogen and oxygen atoms in total. The predicted molar refractivity (Wildman–Crippen MR) is 79.6 cm³/mol. The largest absolute Gasteiger partial charge is 0.379 e. The number of carbonyl (C=O) groups is 2. The molecular weight excluding hydrogens is 276 g/mol. The maximum absolute atomic E-state index is 11.4. The van der Waals surface area contributed by atoms with E-state index in [1.54, 1.807) is 0 Å². The Morgan fingerprint density at radius 3 is 2.10 bits per heavy atom. The monoisotopic (exact) mass is 304 g/mol. The van der Waals surface area contributed by atoms with Gasteiger partial charge in [0, 0.05) is 13.1 Å². The fraction of sp³-hybridized carbons (Fsp3) is 0.857. The molecule has 0 saturated carbocycles. The van der Waals surface area contributed by atoms with E-state index in [1.165, 1.54) is 6.92 Å². The van der Waals surface area contributed by atoms with Crippen LogP contribution in [0, 0.1) is 0 Å². The van der Waals surface area contributed by atoms with Gasteiger partial charge in [-0.05, 0) is 13.5 Å². The van der Waals surface area contributed by atoms with E-state index in [0.717, 1.165) is 13.1 Å². The third-order valence-corrected chi connectivity index (χ3v) is 2.36. The molecule has 0 radical (unpaired) electrons. The molecule has 0 aromatic carbocycles. The lowest BCUT2D eigenvalue weighted by Gasteiger charge is -2.07. The van der Waals surface area contributed by atoms with Crippen molar-refractivity contribution >= 4 is 11.6 Å². The molecule has 124 valence electrons. The molecule has 0 aliphatic heterocycles. The van der Waals surface area contributed by atoms with Crippen LogP contribution in [0.1, 0.15) is 13.8 Å². The van der Waals surface area contributed by atoms with Gasteiger partial charge in [0.1, 0.15) is 13.2 Å². The third-order valence-electron chi connectivity index (χ3n) is 2.36. The molecular formula is C14H28N2O5.